The number of imidazole rings is 1. The predicted molar refractivity (Wildman–Crippen MR) is 144 cm³/mol. The third kappa shape index (κ3) is 5.02. The Bertz CT molecular complexity index is 1480. The van der Waals surface area contributed by atoms with Gasteiger partial charge in [-0.05, 0) is 40.3 Å². The molecule has 0 aliphatic rings. The van der Waals surface area contributed by atoms with Crippen molar-refractivity contribution in [3.63, 3.8) is 0 Å². The molecule has 0 spiro atoms. The first-order valence-corrected chi connectivity index (χ1v) is 11.9. The molecule has 0 aliphatic carbocycles. The number of carbonyl (C=O) groups is 1. The molecule has 5 rings (SSSR count). The first-order chi connectivity index (χ1) is 16.9. The molecule has 1 N–H and O–H groups in total. The Balaban J connectivity index is 1.41. The van der Waals surface area contributed by atoms with E-state index in [1.165, 1.54) is 5.56 Å². The number of nitrogens with zero attached hydrogens (tertiary/aromatic N) is 2. The third-order valence-corrected chi connectivity index (χ3v) is 6.24. The van der Waals surface area contributed by atoms with Crippen LogP contribution in [0.2, 0.25) is 0 Å². The van der Waals surface area contributed by atoms with Gasteiger partial charge in [0, 0.05) is 41.8 Å². The highest BCUT2D eigenvalue weighted by atomic mass is 16.1. The number of aromatic nitrogens is 2. The van der Waals surface area contributed by atoms with E-state index in [4.69, 9.17) is 0 Å². The van der Waals surface area contributed by atoms with Crippen LogP contribution in [0.15, 0.2) is 104 Å². The molecule has 5 aromatic rings. The fourth-order valence-electron chi connectivity index (χ4n) is 4.26. The van der Waals surface area contributed by atoms with Crippen molar-refractivity contribution >= 4 is 22.8 Å². The summed E-state index contributed by atoms with van der Waals surface area (Å²) in [6.07, 6.45) is 6.19. The molecule has 0 bridgehead atoms. The third-order valence-electron chi connectivity index (χ3n) is 6.24. The summed E-state index contributed by atoms with van der Waals surface area (Å²) in [6.45, 7) is 6.53. The Morgan fingerprint density at radius 1 is 0.886 bits per heavy atom. The molecule has 0 aliphatic heterocycles. The van der Waals surface area contributed by atoms with Gasteiger partial charge in [0.1, 0.15) is 0 Å². The first-order valence-electron chi connectivity index (χ1n) is 11.9. The summed E-state index contributed by atoms with van der Waals surface area (Å²) in [5, 5.41) is 3.49. The number of hydrogen-bond donors (Lipinski definition) is 1. The van der Waals surface area contributed by atoms with Crippen molar-refractivity contribution in [1.29, 1.82) is 0 Å². The summed E-state index contributed by atoms with van der Waals surface area (Å²) in [5.41, 5.74) is 7.95. The number of fused-ring (bicyclic) bond motifs is 1. The van der Waals surface area contributed by atoms with Gasteiger partial charge < -0.3 is 9.72 Å². The van der Waals surface area contributed by atoms with Crippen LogP contribution in [0, 0.1) is 0 Å². The van der Waals surface area contributed by atoms with E-state index in [1.54, 1.807) is 6.20 Å². The average Bonchev–Trinajstić information content (AvgIpc) is 3.34. The zero-order valence-electron chi connectivity index (χ0n) is 20.3. The summed E-state index contributed by atoms with van der Waals surface area (Å²) < 4.78 is 2.02. The van der Waals surface area contributed by atoms with Gasteiger partial charge in [-0.2, -0.15) is 0 Å². The largest absolute Gasteiger partial charge is 0.352 e. The smallest absolute Gasteiger partial charge is 0.167 e. The topological polar surface area (TPSA) is 46.4 Å². The van der Waals surface area contributed by atoms with Crippen LogP contribution < -0.4 is 5.32 Å². The van der Waals surface area contributed by atoms with Crippen LogP contribution in [-0.2, 0) is 11.8 Å². The zero-order valence-corrected chi connectivity index (χ0v) is 20.3. The van der Waals surface area contributed by atoms with Gasteiger partial charge in [0.05, 0.1) is 5.69 Å². The number of rotatable bonds is 6. The quantitative estimate of drug-likeness (QED) is 0.268. The molecule has 3 aromatic carbocycles. The molecule has 0 fully saturated rings. The van der Waals surface area contributed by atoms with Crippen LogP contribution in [0.5, 0.6) is 0 Å². The summed E-state index contributed by atoms with van der Waals surface area (Å²) in [5.74, 6) is 0.124. The number of pyridine rings is 1. The van der Waals surface area contributed by atoms with Gasteiger partial charge in [0.15, 0.2) is 11.4 Å². The monoisotopic (exact) mass is 459 g/mol. The predicted octanol–water partition coefficient (Wildman–Crippen LogP) is 7.47. The number of hydrogen-bond acceptors (Lipinski definition) is 3. The number of para-hydroxylation sites is 1. The minimum Gasteiger partial charge on any atom is -0.352 e. The lowest BCUT2D eigenvalue weighted by Crippen LogP contribution is -2.11. The van der Waals surface area contributed by atoms with Crippen LogP contribution >= 0.6 is 0 Å². The highest BCUT2D eigenvalue weighted by Crippen LogP contribution is 2.29. The fraction of sp³-hybridized carbons (Fsp3) is 0.161. The highest BCUT2D eigenvalue weighted by molar-refractivity contribution is 5.97. The van der Waals surface area contributed by atoms with Gasteiger partial charge in [0.2, 0.25) is 0 Å². The van der Waals surface area contributed by atoms with Gasteiger partial charge in [-0.25, -0.2) is 4.98 Å². The van der Waals surface area contributed by atoms with Crippen molar-refractivity contribution in [3.05, 3.63) is 120 Å². The van der Waals surface area contributed by atoms with Crippen molar-refractivity contribution < 1.29 is 4.79 Å². The Morgan fingerprint density at radius 2 is 1.66 bits per heavy atom. The maximum absolute atomic E-state index is 13.0. The summed E-state index contributed by atoms with van der Waals surface area (Å²) >= 11 is 0. The standard InChI is InChI=1S/C31H29N3O/c1-31(2,3)26-14-12-23(13-15-26)29(35)19-22-8-7-9-24(18-22)25-20-28(30-32-16-17-34(30)21-25)33-27-10-5-4-6-11-27/h4-18,20-21,33H,19H2,1-3H3. The summed E-state index contributed by atoms with van der Waals surface area (Å²) in [4.78, 5) is 17.5. The maximum atomic E-state index is 13.0. The van der Waals surface area contributed by atoms with Crippen molar-refractivity contribution in [1.82, 2.24) is 9.38 Å². The lowest BCUT2D eigenvalue weighted by Gasteiger charge is -2.19. The van der Waals surface area contributed by atoms with Gasteiger partial charge in [-0.15, -0.1) is 0 Å². The van der Waals surface area contributed by atoms with Crippen LogP contribution in [-0.4, -0.2) is 15.2 Å². The van der Waals surface area contributed by atoms with Crippen LogP contribution in [0.4, 0.5) is 11.4 Å². The van der Waals surface area contributed by atoms with Crippen molar-refractivity contribution in [3.8, 4) is 11.1 Å². The molecule has 2 aromatic heterocycles. The minimum absolute atomic E-state index is 0.0699. The molecule has 0 amide bonds. The van der Waals surface area contributed by atoms with E-state index in [0.29, 0.717) is 6.42 Å². The highest BCUT2D eigenvalue weighted by Gasteiger charge is 2.15. The SMILES string of the molecule is CC(C)(C)c1ccc(C(=O)Cc2cccc(-c3cc(Nc4ccccc4)c4nccn4c3)c2)cc1. The van der Waals surface area contributed by atoms with Gasteiger partial charge in [-0.3, -0.25) is 4.79 Å². The number of carbonyl (C=O) groups excluding carboxylic acids is 1. The van der Waals surface area contributed by atoms with Crippen LogP contribution in [0.1, 0.15) is 42.3 Å². The molecule has 0 saturated carbocycles. The second-order valence-electron chi connectivity index (χ2n) is 9.92. The number of Topliss-reactive ketones (excluding diaryl/α,β-unsaturated/α-hetero) is 1. The van der Waals surface area contributed by atoms with E-state index < -0.39 is 0 Å². The normalized spacial score (nSPS) is 11.5. The van der Waals surface area contributed by atoms with E-state index in [-0.39, 0.29) is 11.2 Å². The Hall–Kier alpha value is -4.18. The van der Waals surface area contributed by atoms with Crippen molar-refractivity contribution in [2.75, 3.05) is 5.32 Å². The van der Waals surface area contributed by atoms with Gasteiger partial charge in [-0.1, -0.05) is 87.5 Å². The van der Waals surface area contributed by atoms with E-state index in [9.17, 15) is 4.79 Å². The summed E-state index contributed by atoms with van der Waals surface area (Å²) in [7, 11) is 0. The maximum Gasteiger partial charge on any atom is 0.167 e. The van der Waals surface area contributed by atoms with Crippen molar-refractivity contribution in [2.45, 2.75) is 32.6 Å². The molecular formula is C31H29N3O. The second-order valence-corrected chi connectivity index (χ2v) is 9.92. The van der Waals surface area contributed by atoms with E-state index in [1.807, 2.05) is 65.2 Å². The first kappa shape index (κ1) is 22.6. The molecule has 2 heterocycles. The molecule has 35 heavy (non-hydrogen) atoms. The van der Waals surface area contributed by atoms with E-state index in [2.05, 4.69) is 67.6 Å². The van der Waals surface area contributed by atoms with Gasteiger partial charge >= 0.3 is 0 Å². The fourth-order valence-corrected chi connectivity index (χ4v) is 4.26. The zero-order chi connectivity index (χ0) is 24.4. The molecular weight excluding hydrogens is 430 g/mol. The lowest BCUT2D eigenvalue weighted by atomic mass is 9.86. The van der Waals surface area contributed by atoms with Crippen molar-refractivity contribution in [2.24, 2.45) is 0 Å². The minimum atomic E-state index is 0.0699. The number of benzene rings is 3. The van der Waals surface area contributed by atoms with Crippen LogP contribution in [0.3, 0.4) is 0 Å². The molecule has 0 unspecified atom stereocenters. The van der Waals surface area contributed by atoms with Gasteiger partial charge in [0.25, 0.3) is 0 Å². The average molecular weight is 460 g/mol. The number of ketones is 1. The lowest BCUT2D eigenvalue weighted by molar-refractivity contribution is 0.0993. The Morgan fingerprint density at radius 3 is 2.40 bits per heavy atom. The molecule has 0 radical (unpaired) electrons. The number of anilines is 2. The second kappa shape index (κ2) is 9.22. The molecule has 0 saturated heterocycles. The summed E-state index contributed by atoms with van der Waals surface area (Å²) in [6, 6.07) is 28.4. The Labute approximate surface area is 206 Å². The van der Waals surface area contributed by atoms with E-state index in [0.717, 1.165) is 39.3 Å². The molecule has 4 heteroatoms. The van der Waals surface area contributed by atoms with Crippen LogP contribution in [0.25, 0.3) is 16.8 Å². The number of nitrogens with one attached hydrogen (secondary N) is 1. The molecule has 0 atom stereocenters. The molecule has 174 valence electrons. The van der Waals surface area contributed by atoms with E-state index >= 15 is 0 Å². The Kier molecular flexibility index (Phi) is 5.96. The molecule has 4 nitrogen and oxygen atoms in total.